The summed E-state index contributed by atoms with van der Waals surface area (Å²) in [5.74, 6) is 1.20. The van der Waals surface area contributed by atoms with E-state index in [2.05, 4.69) is 10.6 Å². The van der Waals surface area contributed by atoms with Crippen LogP contribution in [-0.2, 0) is 11.3 Å². The van der Waals surface area contributed by atoms with Gasteiger partial charge in [-0.05, 0) is 37.3 Å². The van der Waals surface area contributed by atoms with Gasteiger partial charge in [-0.25, -0.2) is 0 Å². The van der Waals surface area contributed by atoms with Crippen molar-refractivity contribution < 1.29 is 4.79 Å². The summed E-state index contributed by atoms with van der Waals surface area (Å²) in [6, 6.07) is 3.74. The van der Waals surface area contributed by atoms with E-state index in [-0.39, 0.29) is 11.5 Å². The number of rotatable bonds is 3. The fourth-order valence-electron chi connectivity index (χ4n) is 3.20. The molecular weight excluding hydrogens is 274 g/mol. The van der Waals surface area contributed by atoms with Crippen molar-refractivity contribution in [3.8, 4) is 0 Å². The number of amides is 1. The number of aromatic nitrogens is 1. The monoisotopic (exact) mass is 293 g/mol. The van der Waals surface area contributed by atoms with Crippen LogP contribution in [0.3, 0.4) is 0 Å². The Morgan fingerprint density at radius 2 is 2.35 bits per heavy atom. The Kier molecular flexibility index (Phi) is 3.85. The summed E-state index contributed by atoms with van der Waals surface area (Å²) in [5.41, 5.74) is 1.44. The molecule has 0 unspecified atom stereocenters. The van der Waals surface area contributed by atoms with E-state index >= 15 is 0 Å². The standard InChI is InChI=1S/C14H19N3O2S/c1-20-8-13(18)16-11-2-3-12-10-4-9(5-15-6-10)7-17(12)14(11)19/h2-3,9-10,15H,4-8H2,1H3,(H,16,18)/t9-,10+/m0/s1. The predicted molar refractivity (Wildman–Crippen MR) is 81.4 cm³/mol. The van der Waals surface area contributed by atoms with Gasteiger partial charge in [0.05, 0.1) is 5.75 Å². The van der Waals surface area contributed by atoms with Gasteiger partial charge in [0.15, 0.2) is 0 Å². The van der Waals surface area contributed by atoms with E-state index in [1.165, 1.54) is 11.8 Å². The SMILES string of the molecule is CSCC(=O)Nc1ccc2n(c1=O)C[C@@H]1CNC[C@H]2C1. The number of hydrogen-bond acceptors (Lipinski definition) is 4. The number of pyridine rings is 1. The summed E-state index contributed by atoms with van der Waals surface area (Å²) < 4.78 is 1.86. The van der Waals surface area contributed by atoms with Crippen LogP contribution >= 0.6 is 11.8 Å². The Labute approximate surface area is 122 Å². The molecular formula is C14H19N3O2S. The van der Waals surface area contributed by atoms with Gasteiger partial charge in [-0.3, -0.25) is 9.59 Å². The molecule has 2 N–H and O–H groups in total. The predicted octanol–water partition coefficient (Wildman–Crippen LogP) is 0.856. The molecule has 5 nitrogen and oxygen atoms in total. The molecule has 0 saturated carbocycles. The zero-order chi connectivity index (χ0) is 14.1. The van der Waals surface area contributed by atoms with Crippen molar-refractivity contribution in [2.75, 3.05) is 30.4 Å². The van der Waals surface area contributed by atoms with Gasteiger partial charge >= 0.3 is 0 Å². The number of piperidine rings is 1. The van der Waals surface area contributed by atoms with Crippen molar-refractivity contribution in [1.82, 2.24) is 9.88 Å². The van der Waals surface area contributed by atoms with Crippen molar-refractivity contribution in [1.29, 1.82) is 0 Å². The fraction of sp³-hybridized carbons (Fsp3) is 0.571. The number of anilines is 1. The van der Waals surface area contributed by atoms with Gasteiger partial charge in [-0.1, -0.05) is 0 Å². The van der Waals surface area contributed by atoms with Gasteiger partial charge in [0.2, 0.25) is 5.91 Å². The average Bonchev–Trinajstić information content (AvgIpc) is 2.43. The smallest absolute Gasteiger partial charge is 0.274 e. The molecule has 0 spiro atoms. The number of thioether (sulfide) groups is 1. The average molecular weight is 293 g/mol. The first kappa shape index (κ1) is 13.7. The molecule has 3 rings (SSSR count). The quantitative estimate of drug-likeness (QED) is 0.867. The molecule has 2 bridgehead atoms. The third-order valence-corrected chi connectivity index (χ3v) is 4.61. The number of hydrogen-bond donors (Lipinski definition) is 2. The molecule has 1 aromatic rings. The topological polar surface area (TPSA) is 63.1 Å². The van der Waals surface area contributed by atoms with Crippen LogP contribution in [0.2, 0.25) is 0 Å². The number of fused-ring (bicyclic) bond motifs is 4. The molecule has 1 saturated heterocycles. The molecule has 3 heterocycles. The lowest BCUT2D eigenvalue weighted by Gasteiger charge is -2.37. The number of nitrogens with one attached hydrogen (secondary N) is 2. The van der Waals surface area contributed by atoms with Crippen LogP contribution in [0.1, 0.15) is 18.0 Å². The molecule has 108 valence electrons. The summed E-state index contributed by atoms with van der Waals surface area (Å²) >= 11 is 1.45. The second-order valence-electron chi connectivity index (χ2n) is 5.53. The van der Waals surface area contributed by atoms with Gasteiger partial charge in [-0.2, -0.15) is 11.8 Å². The molecule has 1 aromatic heterocycles. The minimum atomic E-state index is -0.118. The largest absolute Gasteiger partial charge is 0.321 e. The van der Waals surface area contributed by atoms with Crippen molar-refractivity contribution >= 4 is 23.4 Å². The fourth-order valence-corrected chi connectivity index (χ4v) is 3.54. The van der Waals surface area contributed by atoms with Crippen LogP contribution in [0.5, 0.6) is 0 Å². The van der Waals surface area contributed by atoms with Crippen molar-refractivity contribution in [3.63, 3.8) is 0 Å². The zero-order valence-corrected chi connectivity index (χ0v) is 12.3. The molecule has 2 aliphatic rings. The molecule has 1 amide bonds. The first-order valence-electron chi connectivity index (χ1n) is 6.92. The van der Waals surface area contributed by atoms with Crippen LogP contribution in [-0.4, -0.2) is 35.6 Å². The van der Waals surface area contributed by atoms with Crippen molar-refractivity contribution in [2.24, 2.45) is 5.92 Å². The molecule has 2 aliphatic heterocycles. The van der Waals surface area contributed by atoms with E-state index in [4.69, 9.17) is 0 Å². The lowest BCUT2D eigenvalue weighted by Crippen LogP contribution is -2.45. The third kappa shape index (κ3) is 2.50. The lowest BCUT2D eigenvalue weighted by molar-refractivity contribution is -0.113. The highest BCUT2D eigenvalue weighted by Gasteiger charge is 2.31. The number of nitrogens with zero attached hydrogens (tertiary/aromatic N) is 1. The summed E-state index contributed by atoms with van der Waals surface area (Å²) in [6.07, 6.45) is 3.03. The summed E-state index contributed by atoms with van der Waals surface area (Å²) in [4.78, 5) is 24.1. The third-order valence-electron chi connectivity index (χ3n) is 4.06. The van der Waals surface area contributed by atoms with Crippen LogP contribution < -0.4 is 16.2 Å². The minimum absolute atomic E-state index is 0.0615. The van der Waals surface area contributed by atoms with Gasteiger partial charge in [0.25, 0.3) is 5.56 Å². The van der Waals surface area contributed by atoms with Crippen LogP contribution in [0.25, 0.3) is 0 Å². The Morgan fingerprint density at radius 1 is 1.50 bits per heavy atom. The van der Waals surface area contributed by atoms with E-state index in [1.807, 2.05) is 16.9 Å². The summed E-state index contributed by atoms with van der Waals surface area (Å²) in [7, 11) is 0. The van der Waals surface area contributed by atoms with E-state index in [9.17, 15) is 9.59 Å². The Bertz CT molecular complexity index is 584. The van der Waals surface area contributed by atoms with Crippen LogP contribution in [0.4, 0.5) is 5.69 Å². The molecule has 1 fully saturated rings. The molecule has 2 atom stereocenters. The molecule has 6 heteroatoms. The van der Waals surface area contributed by atoms with Crippen molar-refractivity contribution in [3.05, 3.63) is 28.2 Å². The van der Waals surface area contributed by atoms with Gasteiger partial charge in [0.1, 0.15) is 5.69 Å². The van der Waals surface area contributed by atoms with E-state index < -0.39 is 0 Å². The van der Waals surface area contributed by atoms with Crippen LogP contribution in [0, 0.1) is 5.92 Å². The van der Waals surface area contributed by atoms with E-state index in [0.717, 1.165) is 31.7 Å². The highest BCUT2D eigenvalue weighted by molar-refractivity contribution is 7.99. The maximum Gasteiger partial charge on any atom is 0.274 e. The highest BCUT2D eigenvalue weighted by atomic mass is 32.2. The van der Waals surface area contributed by atoms with E-state index in [1.54, 1.807) is 6.07 Å². The molecule has 20 heavy (non-hydrogen) atoms. The van der Waals surface area contributed by atoms with Crippen molar-refractivity contribution in [2.45, 2.75) is 18.9 Å². The van der Waals surface area contributed by atoms with Crippen LogP contribution in [0.15, 0.2) is 16.9 Å². The maximum atomic E-state index is 12.5. The second-order valence-corrected chi connectivity index (χ2v) is 6.39. The first-order chi connectivity index (χ1) is 9.69. The van der Waals surface area contributed by atoms with Gasteiger partial charge < -0.3 is 15.2 Å². The normalized spacial score (nSPS) is 24.1. The van der Waals surface area contributed by atoms with Gasteiger partial charge in [0, 0.05) is 24.7 Å². The summed E-state index contributed by atoms with van der Waals surface area (Å²) in [5, 5.41) is 6.14. The van der Waals surface area contributed by atoms with Gasteiger partial charge in [-0.15, -0.1) is 0 Å². The molecule has 0 aromatic carbocycles. The number of carbonyl (C=O) groups is 1. The molecule has 0 aliphatic carbocycles. The Balaban J connectivity index is 1.91. The molecule has 0 radical (unpaired) electrons. The van der Waals surface area contributed by atoms with E-state index in [0.29, 0.717) is 23.3 Å². The summed E-state index contributed by atoms with van der Waals surface area (Å²) in [6.45, 7) is 2.67. The second kappa shape index (κ2) is 5.61. The number of carbonyl (C=O) groups excluding carboxylic acids is 1. The Hall–Kier alpha value is -1.27. The maximum absolute atomic E-state index is 12.5. The first-order valence-corrected chi connectivity index (χ1v) is 8.31. The Morgan fingerprint density at radius 3 is 3.15 bits per heavy atom. The zero-order valence-electron chi connectivity index (χ0n) is 11.5. The minimum Gasteiger partial charge on any atom is -0.321 e. The highest BCUT2D eigenvalue weighted by Crippen LogP contribution is 2.32. The lowest BCUT2D eigenvalue weighted by atomic mass is 9.84.